The summed E-state index contributed by atoms with van der Waals surface area (Å²) in [6.07, 6.45) is 2.30. The number of benzene rings is 1. The third-order valence-corrected chi connectivity index (χ3v) is 6.39. The molecule has 1 amide bonds. The van der Waals surface area contributed by atoms with Crippen LogP contribution in [0.25, 0.3) is 11.2 Å². The molecule has 1 aliphatic rings. The summed E-state index contributed by atoms with van der Waals surface area (Å²) in [5, 5.41) is 14.7. The van der Waals surface area contributed by atoms with Crippen LogP contribution in [0.3, 0.4) is 0 Å². The lowest BCUT2D eigenvalue weighted by atomic mass is 10.0. The van der Waals surface area contributed by atoms with Crippen LogP contribution >= 0.6 is 0 Å². The molecule has 42 heavy (non-hydrogen) atoms. The Labute approximate surface area is 239 Å². The van der Waals surface area contributed by atoms with Crippen molar-refractivity contribution in [2.24, 2.45) is 0 Å². The number of fused-ring (bicyclic) bond motifs is 1. The summed E-state index contributed by atoms with van der Waals surface area (Å²) >= 11 is 0. The van der Waals surface area contributed by atoms with E-state index in [1.54, 1.807) is 12.1 Å². The number of hydrogen-bond donors (Lipinski definition) is 6. The molecule has 1 aromatic carbocycles. The van der Waals surface area contributed by atoms with E-state index in [0.29, 0.717) is 24.2 Å². The van der Waals surface area contributed by atoms with Gasteiger partial charge in [0.1, 0.15) is 6.04 Å². The van der Waals surface area contributed by atoms with Crippen LogP contribution in [0.15, 0.2) is 35.3 Å². The monoisotopic (exact) mass is 584 g/mol. The first-order valence-electron chi connectivity index (χ1n) is 12.8. The van der Waals surface area contributed by atoms with Crippen molar-refractivity contribution in [1.82, 2.24) is 31.4 Å². The van der Waals surface area contributed by atoms with Crippen molar-refractivity contribution in [3.63, 3.8) is 0 Å². The first-order valence-corrected chi connectivity index (χ1v) is 12.8. The third-order valence-electron chi connectivity index (χ3n) is 6.39. The van der Waals surface area contributed by atoms with Gasteiger partial charge in [-0.1, -0.05) is 0 Å². The van der Waals surface area contributed by atoms with E-state index in [0.717, 1.165) is 0 Å². The Bertz CT molecular complexity index is 1520. The molecule has 2 atom stereocenters. The third kappa shape index (κ3) is 7.61. The van der Waals surface area contributed by atoms with E-state index in [1.165, 1.54) is 25.3 Å². The number of carboxylic acids is 1. The lowest BCUT2D eigenvalue weighted by Crippen LogP contribution is -2.51. The summed E-state index contributed by atoms with van der Waals surface area (Å²) < 4.78 is 10.9. The maximum absolute atomic E-state index is 13.0. The first kappa shape index (κ1) is 31.6. The number of aromatic amines is 1. The number of anilines is 2. The van der Waals surface area contributed by atoms with Crippen molar-refractivity contribution in [2.45, 2.75) is 57.4 Å². The van der Waals surface area contributed by atoms with E-state index in [2.05, 4.69) is 30.6 Å². The van der Waals surface area contributed by atoms with Crippen molar-refractivity contribution < 1.29 is 33.8 Å². The SMILES string of the molecule is CC(=O)C1(OC(=O)[C@H](CCC(=O)O)NC(=O)c2ccc(NCc3cnc4[nH]c(N)nc(=O)c4n3)cc2)CCCCO1.N. The van der Waals surface area contributed by atoms with Gasteiger partial charge >= 0.3 is 17.5 Å². The Kier molecular flexibility index (Phi) is 10.2. The molecule has 4 rings (SSSR count). The van der Waals surface area contributed by atoms with E-state index < -0.39 is 47.4 Å². The summed E-state index contributed by atoms with van der Waals surface area (Å²) in [7, 11) is 0. The molecule has 224 valence electrons. The summed E-state index contributed by atoms with van der Waals surface area (Å²) in [4.78, 5) is 76.0. The fraction of sp³-hybridized carbons (Fsp3) is 0.385. The van der Waals surface area contributed by atoms with Crippen LogP contribution in [0, 0.1) is 0 Å². The van der Waals surface area contributed by atoms with Crippen LogP contribution in [-0.2, 0) is 30.4 Å². The highest BCUT2D eigenvalue weighted by molar-refractivity contribution is 5.97. The predicted molar refractivity (Wildman–Crippen MR) is 149 cm³/mol. The minimum absolute atomic E-state index is 0. The smallest absolute Gasteiger partial charge is 0.331 e. The lowest BCUT2D eigenvalue weighted by molar-refractivity contribution is -0.238. The number of nitrogens with one attached hydrogen (secondary N) is 3. The number of rotatable bonds is 11. The number of aromatic nitrogens is 4. The van der Waals surface area contributed by atoms with Crippen molar-refractivity contribution in [2.75, 3.05) is 17.7 Å². The number of carbonyl (C=O) groups is 4. The van der Waals surface area contributed by atoms with Gasteiger partial charge in [0.05, 0.1) is 25.0 Å². The Balaban J connectivity index is 0.00000484. The van der Waals surface area contributed by atoms with Crippen molar-refractivity contribution >= 4 is 46.4 Å². The lowest BCUT2D eigenvalue weighted by Gasteiger charge is -2.35. The van der Waals surface area contributed by atoms with Crippen molar-refractivity contribution in [1.29, 1.82) is 0 Å². The Morgan fingerprint density at radius 2 is 1.93 bits per heavy atom. The van der Waals surface area contributed by atoms with Gasteiger partial charge in [-0.25, -0.2) is 14.8 Å². The highest BCUT2D eigenvalue weighted by Gasteiger charge is 2.44. The van der Waals surface area contributed by atoms with E-state index in [4.69, 9.17) is 20.3 Å². The van der Waals surface area contributed by atoms with Gasteiger partial charge in [0.25, 0.3) is 11.7 Å². The minimum atomic E-state index is -1.75. The van der Waals surface area contributed by atoms with Crippen LogP contribution in [0.5, 0.6) is 0 Å². The molecule has 0 saturated carbocycles. The van der Waals surface area contributed by atoms with Crippen molar-refractivity contribution in [3.05, 3.63) is 52.1 Å². The number of nitrogens with two attached hydrogens (primary N) is 1. The molecule has 2 aromatic heterocycles. The maximum Gasteiger partial charge on any atom is 0.331 e. The minimum Gasteiger partial charge on any atom is -0.481 e. The van der Waals surface area contributed by atoms with E-state index in [9.17, 15) is 24.0 Å². The molecule has 0 spiro atoms. The van der Waals surface area contributed by atoms with Gasteiger partial charge < -0.3 is 42.1 Å². The average Bonchev–Trinajstić information content (AvgIpc) is 2.94. The van der Waals surface area contributed by atoms with E-state index >= 15 is 0 Å². The fourth-order valence-electron chi connectivity index (χ4n) is 4.19. The molecule has 9 N–H and O–H groups in total. The largest absolute Gasteiger partial charge is 0.481 e. The topological polar surface area (TPSA) is 264 Å². The highest BCUT2D eigenvalue weighted by atomic mass is 16.7. The number of carbonyl (C=O) groups excluding carboxylic acids is 3. The van der Waals surface area contributed by atoms with E-state index in [1.807, 2.05) is 0 Å². The summed E-state index contributed by atoms with van der Waals surface area (Å²) in [5.41, 5.74) is 6.45. The van der Waals surface area contributed by atoms with Gasteiger partial charge in [0.2, 0.25) is 11.7 Å². The molecule has 0 aliphatic carbocycles. The van der Waals surface area contributed by atoms with Gasteiger partial charge in [-0.05, 0) is 43.5 Å². The van der Waals surface area contributed by atoms with Gasteiger partial charge in [0, 0.05) is 31.0 Å². The van der Waals surface area contributed by atoms with Gasteiger partial charge in [0.15, 0.2) is 11.2 Å². The Morgan fingerprint density at radius 1 is 1.19 bits per heavy atom. The summed E-state index contributed by atoms with van der Waals surface area (Å²) in [5.74, 6) is -5.06. The number of carboxylic acid groups (broad SMARTS) is 1. The molecule has 1 fully saturated rings. The molecular weight excluding hydrogens is 552 g/mol. The molecule has 0 radical (unpaired) electrons. The number of aliphatic carboxylic acids is 1. The van der Waals surface area contributed by atoms with E-state index in [-0.39, 0.29) is 54.8 Å². The van der Waals surface area contributed by atoms with Crippen LogP contribution in [-0.4, -0.2) is 67.1 Å². The van der Waals surface area contributed by atoms with Crippen LogP contribution < -0.4 is 28.1 Å². The maximum atomic E-state index is 13.0. The summed E-state index contributed by atoms with van der Waals surface area (Å²) in [6, 6.07) is 4.91. The van der Waals surface area contributed by atoms with Gasteiger partial charge in [-0.3, -0.25) is 19.2 Å². The molecule has 1 aliphatic heterocycles. The van der Waals surface area contributed by atoms with Crippen LogP contribution in [0.1, 0.15) is 55.1 Å². The Morgan fingerprint density at radius 3 is 2.57 bits per heavy atom. The van der Waals surface area contributed by atoms with Crippen molar-refractivity contribution in [3.8, 4) is 0 Å². The highest BCUT2D eigenvalue weighted by Crippen LogP contribution is 2.28. The normalized spacial score (nSPS) is 17.0. The molecule has 1 saturated heterocycles. The predicted octanol–water partition coefficient (Wildman–Crippen LogP) is 1.06. The zero-order valence-electron chi connectivity index (χ0n) is 22.8. The number of amides is 1. The molecule has 16 heteroatoms. The Hall–Kier alpha value is -4.96. The summed E-state index contributed by atoms with van der Waals surface area (Å²) in [6.45, 7) is 1.69. The molecule has 16 nitrogen and oxygen atoms in total. The number of H-pyrrole nitrogens is 1. The van der Waals surface area contributed by atoms with Crippen LogP contribution in [0.2, 0.25) is 0 Å². The number of nitrogen functional groups attached to an aromatic ring is 1. The fourth-order valence-corrected chi connectivity index (χ4v) is 4.19. The van der Waals surface area contributed by atoms with Crippen LogP contribution in [0.4, 0.5) is 11.6 Å². The van der Waals surface area contributed by atoms with Gasteiger partial charge in [-0.15, -0.1) is 0 Å². The molecule has 3 heterocycles. The first-order chi connectivity index (χ1) is 19.6. The zero-order chi connectivity index (χ0) is 29.6. The average molecular weight is 585 g/mol. The number of Topliss-reactive ketones (excluding diaryl/α,β-unsaturated/α-hetero) is 1. The number of esters is 1. The molecule has 0 bridgehead atoms. The molecular formula is C26H32N8O8. The number of ether oxygens (including phenoxy) is 2. The molecule has 3 aromatic rings. The second-order valence-corrected chi connectivity index (χ2v) is 9.41. The second kappa shape index (κ2) is 13.6. The molecule has 1 unspecified atom stereocenters. The second-order valence-electron chi connectivity index (χ2n) is 9.41. The quantitative estimate of drug-likeness (QED) is 0.172. The standard InChI is InChI=1S/C26H29N7O8.H3N/c1-14(34)26(10-2-3-11-40-26)41-24(39)18(8-9-19(35)36)31-22(37)15-4-6-16(7-5-15)28-12-17-13-29-21-20(30-17)23(38)33-25(27)32-21;/h4-7,13,18,28H,2-3,8-12H2,1H3,(H,31,37)(H,35,36)(H3,27,29,32,33,38);1H3/t18-,26?;/m0./s1. The zero-order valence-corrected chi connectivity index (χ0v) is 22.8. The number of hydrogen-bond acceptors (Lipinski definition) is 13. The number of nitrogens with zero attached hydrogens (tertiary/aromatic N) is 3. The number of ketones is 1. The van der Waals surface area contributed by atoms with Gasteiger partial charge in [-0.2, -0.15) is 4.98 Å².